The van der Waals surface area contributed by atoms with E-state index in [0.29, 0.717) is 15.2 Å². The fourth-order valence-electron chi connectivity index (χ4n) is 1.76. The minimum atomic E-state index is -1.14. The number of carbonyl (C=O) groups excluding carboxylic acids is 1. The number of rotatable bonds is 3. The Morgan fingerprint density at radius 1 is 1.24 bits per heavy atom. The predicted molar refractivity (Wildman–Crippen MR) is 84.9 cm³/mol. The lowest BCUT2D eigenvalue weighted by molar-refractivity contribution is 0.0698. The third kappa shape index (κ3) is 3.53. The van der Waals surface area contributed by atoms with Gasteiger partial charge < -0.3 is 16.2 Å². The maximum atomic E-state index is 12.2. The van der Waals surface area contributed by atoms with Crippen molar-refractivity contribution in [2.75, 3.05) is 11.1 Å². The van der Waals surface area contributed by atoms with Gasteiger partial charge in [0.15, 0.2) is 0 Å². The van der Waals surface area contributed by atoms with E-state index in [0.717, 1.165) is 0 Å². The van der Waals surface area contributed by atoms with E-state index < -0.39 is 11.9 Å². The second kappa shape index (κ2) is 6.15. The number of benzene rings is 2. The number of aromatic carboxylic acids is 1. The van der Waals surface area contributed by atoms with Crippen LogP contribution in [0, 0.1) is 0 Å². The van der Waals surface area contributed by atoms with Crippen LogP contribution in [-0.2, 0) is 0 Å². The highest BCUT2D eigenvalue weighted by atomic mass is 79.9. The number of carbonyl (C=O) groups is 2. The van der Waals surface area contributed by atoms with Crippen LogP contribution >= 0.6 is 27.5 Å². The van der Waals surface area contributed by atoms with Gasteiger partial charge in [0, 0.05) is 20.7 Å². The maximum Gasteiger partial charge on any atom is 0.337 e. The first-order chi connectivity index (χ1) is 9.88. The Balaban J connectivity index is 2.38. The van der Waals surface area contributed by atoms with Crippen LogP contribution in [0.15, 0.2) is 40.9 Å². The number of hydrogen-bond acceptors (Lipinski definition) is 3. The Kier molecular flexibility index (Phi) is 4.50. The van der Waals surface area contributed by atoms with E-state index in [1.54, 1.807) is 12.1 Å². The van der Waals surface area contributed by atoms with Crippen molar-refractivity contribution in [2.24, 2.45) is 0 Å². The summed E-state index contributed by atoms with van der Waals surface area (Å²) >= 11 is 9.06. The van der Waals surface area contributed by atoms with Crippen LogP contribution in [0.2, 0.25) is 5.02 Å². The molecule has 0 aromatic heterocycles. The van der Waals surface area contributed by atoms with E-state index in [1.165, 1.54) is 24.3 Å². The minimum absolute atomic E-state index is 0.0206. The lowest BCUT2D eigenvalue weighted by Gasteiger charge is -2.11. The van der Waals surface area contributed by atoms with Crippen LogP contribution in [0.1, 0.15) is 20.7 Å². The molecule has 0 saturated heterocycles. The van der Waals surface area contributed by atoms with Gasteiger partial charge in [0.1, 0.15) is 0 Å². The van der Waals surface area contributed by atoms with Gasteiger partial charge in [-0.1, -0.05) is 17.7 Å². The Morgan fingerprint density at radius 2 is 1.95 bits per heavy atom. The number of nitrogens with two attached hydrogens (primary N) is 1. The molecule has 2 aromatic rings. The molecule has 0 aliphatic carbocycles. The number of carboxylic acid groups (broad SMARTS) is 1. The summed E-state index contributed by atoms with van der Waals surface area (Å²) in [5, 5.41) is 12.0. The number of nitrogens with one attached hydrogen (secondary N) is 1. The summed E-state index contributed by atoms with van der Waals surface area (Å²) in [6.07, 6.45) is 0. The molecule has 21 heavy (non-hydrogen) atoms. The molecule has 0 aliphatic rings. The van der Waals surface area contributed by atoms with Crippen molar-refractivity contribution < 1.29 is 14.7 Å². The molecule has 1 amide bonds. The van der Waals surface area contributed by atoms with Crippen LogP contribution in [0.5, 0.6) is 0 Å². The molecule has 0 aliphatic heterocycles. The number of anilines is 2. The molecule has 0 saturated carbocycles. The van der Waals surface area contributed by atoms with E-state index in [-0.39, 0.29) is 16.8 Å². The van der Waals surface area contributed by atoms with Crippen molar-refractivity contribution in [1.29, 1.82) is 0 Å². The van der Waals surface area contributed by atoms with Crippen molar-refractivity contribution >= 4 is 50.8 Å². The number of halogens is 2. The zero-order valence-corrected chi connectivity index (χ0v) is 12.9. The Bertz CT molecular complexity index is 714. The molecule has 5 nitrogen and oxygen atoms in total. The first-order valence-corrected chi connectivity index (χ1v) is 6.95. The van der Waals surface area contributed by atoms with Gasteiger partial charge in [0.05, 0.1) is 11.3 Å². The van der Waals surface area contributed by atoms with E-state index in [2.05, 4.69) is 21.2 Å². The number of amides is 1. The highest BCUT2D eigenvalue weighted by molar-refractivity contribution is 9.10. The zero-order chi connectivity index (χ0) is 15.6. The van der Waals surface area contributed by atoms with Crippen LogP contribution in [0.25, 0.3) is 0 Å². The van der Waals surface area contributed by atoms with Gasteiger partial charge in [-0.3, -0.25) is 4.79 Å². The summed E-state index contributed by atoms with van der Waals surface area (Å²) < 4.78 is 0.464. The van der Waals surface area contributed by atoms with Crippen LogP contribution in [-0.4, -0.2) is 17.0 Å². The molecule has 0 unspecified atom stereocenters. The van der Waals surface area contributed by atoms with Gasteiger partial charge in [-0.15, -0.1) is 0 Å². The topological polar surface area (TPSA) is 92.4 Å². The Morgan fingerprint density at radius 3 is 2.57 bits per heavy atom. The average Bonchev–Trinajstić information content (AvgIpc) is 2.39. The quantitative estimate of drug-likeness (QED) is 0.720. The highest BCUT2D eigenvalue weighted by Crippen LogP contribution is 2.27. The predicted octanol–water partition coefficient (Wildman–Crippen LogP) is 3.64. The number of hydrogen-bond donors (Lipinski definition) is 3. The van der Waals surface area contributed by atoms with Gasteiger partial charge >= 0.3 is 5.97 Å². The second-order valence-corrected chi connectivity index (χ2v) is 5.49. The van der Waals surface area contributed by atoms with Gasteiger partial charge in [-0.05, 0) is 46.3 Å². The van der Waals surface area contributed by atoms with Crippen LogP contribution in [0.4, 0.5) is 11.4 Å². The van der Waals surface area contributed by atoms with Gasteiger partial charge in [0.25, 0.3) is 5.91 Å². The number of nitrogen functional groups attached to an aromatic ring is 1. The van der Waals surface area contributed by atoms with Crippen molar-refractivity contribution in [3.63, 3.8) is 0 Å². The van der Waals surface area contributed by atoms with Gasteiger partial charge in [-0.25, -0.2) is 4.79 Å². The first-order valence-electron chi connectivity index (χ1n) is 5.77. The van der Waals surface area contributed by atoms with Crippen LogP contribution in [0.3, 0.4) is 0 Å². The fourth-order valence-corrected chi connectivity index (χ4v) is 2.47. The number of para-hydroxylation sites is 1. The Hall–Kier alpha value is -2.05. The van der Waals surface area contributed by atoms with E-state index in [1.807, 2.05) is 0 Å². The largest absolute Gasteiger partial charge is 0.478 e. The molecule has 108 valence electrons. The minimum Gasteiger partial charge on any atom is -0.478 e. The van der Waals surface area contributed by atoms with E-state index in [9.17, 15) is 9.59 Å². The Labute approximate surface area is 133 Å². The van der Waals surface area contributed by atoms with Crippen molar-refractivity contribution in [1.82, 2.24) is 0 Å². The lowest BCUT2D eigenvalue weighted by Crippen LogP contribution is -2.15. The molecule has 0 radical (unpaired) electrons. The molecule has 2 rings (SSSR count). The molecule has 7 heteroatoms. The molecule has 0 fully saturated rings. The first kappa shape index (κ1) is 15.3. The third-order valence-corrected chi connectivity index (χ3v) is 3.54. The average molecular weight is 370 g/mol. The summed E-state index contributed by atoms with van der Waals surface area (Å²) in [7, 11) is 0. The van der Waals surface area contributed by atoms with Crippen molar-refractivity contribution in [2.45, 2.75) is 0 Å². The molecule has 0 heterocycles. The summed E-state index contributed by atoms with van der Waals surface area (Å²) in [5.74, 6) is -1.64. The molecule has 0 bridgehead atoms. The smallest absolute Gasteiger partial charge is 0.337 e. The normalized spacial score (nSPS) is 10.2. The maximum absolute atomic E-state index is 12.2. The summed E-state index contributed by atoms with van der Waals surface area (Å²) in [4.78, 5) is 23.4. The molecule has 0 atom stereocenters. The molecular formula is C14H10BrClN2O3. The van der Waals surface area contributed by atoms with Crippen LogP contribution < -0.4 is 11.1 Å². The molecule has 0 spiro atoms. The van der Waals surface area contributed by atoms with Gasteiger partial charge in [-0.2, -0.15) is 0 Å². The van der Waals surface area contributed by atoms with Crippen molar-refractivity contribution in [3.05, 3.63) is 57.0 Å². The fraction of sp³-hybridized carbons (Fsp3) is 0. The zero-order valence-electron chi connectivity index (χ0n) is 10.6. The molecule has 4 N–H and O–H groups in total. The monoisotopic (exact) mass is 368 g/mol. The SMILES string of the molecule is Nc1cc(Cl)cc(C(=O)Nc2c(Br)cccc2C(=O)O)c1. The molecular weight excluding hydrogens is 360 g/mol. The van der Waals surface area contributed by atoms with E-state index >= 15 is 0 Å². The van der Waals surface area contributed by atoms with E-state index in [4.69, 9.17) is 22.4 Å². The number of carboxylic acids is 1. The standard InChI is InChI=1S/C14H10BrClN2O3/c15-11-3-1-2-10(14(20)21)12(11)18-13(19)7-4-8(16)6-9(17)5-7/h1-6H,17H2,(H,18,19)(H,20,21). The second-order valence-electron chi connectivity index (χ2n) is 4.19. The summed E-state index contributed by atoms with van der Waals surface area (Å²) in [5.41, 5.74) is 6.37. The van der Waals surface area contributed by atoms with Crippen molar-refractivity contribution in [3.8, 4) is 0 Å². The molecule has 2 aromatic carbocycles. The van der Waals surface area contributed by atoms with Gasteiger partial charge in [0.2, 0.25) is 0 Å². The third-order valence-electron chi connectivity index (χ3n) is 2.66. The highest BCUT2D eigenvalue weighted by Gasteiger charge is 2.16. The summed E-state index contributed by atoms with van der Waals surface area (Å²) in [6, 6.07) is 9.02. The summed E-state index contributed by atoms with van der Waals surface area (Å²) in [6.45, 7) is 0. The lowest BCUT2D eigenvalue weighted by atomic mass is 10.1.